The fraction of sp³-hybridized carbons (Fsp3) is 0.231. The number of nitrogens with one attached hydrogen (secondary N) is 2. The van der Waals surface area contributed by atoms with Gasteiger partial charge >= 0.3 is 12.0 Å². The number of rotatable bonds is 2. The molecule has 2 rings (SSSR count). The minimum atomic E-state index is -1.12. The maximum Gasteiger partial charge on any atom is 0.335 e. The third-order valence-corrected chi connectivity index (χ3v) is 3.05. The molecule has 1 unspecified atom stereocenters. The number of amides is 4. The molecule has 21 heavy (non-hydrogen) atoms. The molecule has 4 amide bonds. The lowest BCUT2D eigenvalue weighted by Gasteiger charge is -2.31. The standard InChI is InChI=1S/C13H13N3O5/c1-7-11(18)15-10(17)6-16(7)13(21)14-9-4-2-3-8(5-9)12(19)20/h2-5,7H,6H2,1H3,(H,14,21)(H,19,20)(H,15,17,18). The van der Waals surface area contributed by atoms with Crippen molar-refractivity contribution in [1.82, 2.24) is 10.2 Å². The minimum absolute atomic E-state index is 0.0216. The molecule has 1 aliphatic rings. The van der Waals surface area contributed by atoms with Gasteiger partial charge in [-0.2, -0.15) is 0 Å². The van der Waals surface area contributed by atoms with E-state index in [1.165, 1.54) is 31.2 Å². The first-order valence-corrected chi connectivity index (χ1v) is 6.13. The molecule has 0 aliphatic carbocycles. The summed E-state index contributed by atoms with van der Waals surface area (Å²) < 4.78 is 0. The monoisotopic (exact) mass is 291 g/mol. The summed E-state index contributed by atoms with van der Waals surface area (Å²) in [6.45, 7) is 1.26. The Labute approximate surface area is 119 Å². The van der Waals surface area contributed by atoms with Crippen molar-refractivity contribution in [3.63, 3.8) is 0 Å². The smallest absolute Gasteiger partial charge is 0.335 e. The number of carbonyl (C=O) groups is 4. The topological polar surface area (TPSA) is 116 Å². The summed E-state index contributed by atoms with van der Waals surface area (Å²) in [7, 11) is 0. The molecule has 0 radical (unpaired) electrons. The lowest BCUT2D eigenvalue weighted by molar-refractivity contribution is -0.137. The first-order valence-electron chi connectivity index (χ1n) is 6.13. The molecule has 8 nitrogen and oxygen atoms in total. The molecule has 8 heteroatoms. The highest BCUT2D eigenvalue weighted by molar-refractivity contribution is 6.05. The van der Waals surface area contributed by atoms with Crippen LogP contribution in [0.4, 0.5) is 10.5 Å². The Kier molecular flexibility index (Phi) is 3.88. The van der Waals surface area contributed by atoms with Crippen molar-refractivity contribution >= 4 is 29.5 Å². The van der Waals surface area contributed by atoms with Crippen LogP contribution in [0.2, 0.25) is 0 Å². The van der Waals surface area contributed by atoms with Gasteiger partial charge in [-0.3, -0.25) is 14.9 Å². The predicted octanol–water partition coefficient (Wildman–Crippen LogP) is 0.264. The number of anilines is 1. The summed E-state index contributed by atoms with van der Waals surface area (Å²) >= 11 is 0. The van der Waals surface area contributed by atoms with E-state index in [4.69, 9.17) is 5.11 Å². The Hall–Kier alpha value is -2.90. The van der Waals surface area contributed by atoms with Gasteiger partial charge in [0.1, 0.15) is 12.6 Å². The van der Waals surface area contributed by atoms with Crippen molar-refractivity contribution in [2.75, 3.05) is 11.9 Å². The van der Waals surface area contributed by atoms with Crippen LogP contribution in [0.5, 0.6) is 0 Å². The molecule has 1 saturated heterocycles. The number of hydrogen-bond acceptors (Lipinski definition) is 4. The molecule has 1 fully saturated rings. The maximum absolute atomic E-state index is 12.1. The number of nitrogens with zero attached hydrogens (tertiary/aromatic N) is 1. The number of piperazine rings is 1. The predicted molar refractivity (Wildman–Crippen MR) is 71.7 cm³/mol. The van der Waals surface area contributed by atoms with Gasteiger partial charge in [0, 0.05) is 5.69 Å². The summed E-state index contributed by atoms with van der Waals surface area (Å²) in [4.78, 5) is 46.8. The Morgan fingerprint density at radius 2 is 2.10 bits per heavy atom. The van der Waals surface area contributed by atoms with Gasteiger partial charge in [0.15, 0.2) is 0 Å². The maximum atomic E-state index is 12.1. The lowest BCUT2D eigenvalue weighted by Crippen LogP contribution is -2.59. The van der Waals surface area contributed by atoms with Gasteiger partial charge in [-0.25, -0.2) is 9.59 Å². The lowest BCUT2D eigenvalue weighted by atomic mass is 10.2. The Bertz CT molecular complexity index is 628. The van der Waals surface area contributed by atoms with Crippen LogP contribution in [-0.4, -0.2) is 46.4 Å². The highest BCUT2D eigenvalue weighted by Gasteiger charge is 2.33. The zero-order valence-corrected chi connectivity index (χ0v) is 11.1. The van der Waals surface area contributed by atoms with Crippen LogP contribution in [0.3, 0.4) is 0 Å². The Morgan fingerprint density at radius 3 is 2.76 bits per heavy atom. The van der Waals surface area contributed by atoms with E-state index in [0.717, 1.165) is 4.90 Å². The van der Waals surface area contributed by atoms with E-state index in [1.54, 1.807) is 0 Å². The van der Waals surface area contributed by atoms with Crippen molar-refractivity contribution in [3.05, 3.63) is 29.8 Å². The number of carbonyl (C=O) groups excluding carboxylic acids is 3. The quantitative estimate of drug-likeness (QED) is 0.676. The van der Waals surface area contributed by atoms with E-state index < -0.39 is 29.9 Å². The average molecular weight is 291 g/mol. The van der Waals surface area contributed by atoms with Crippen molar-refractivity contribution in [3.8, 4) is 0 Å². The molecule has 0 spiro atoms. The molecule has 1 aromatic carbocycles. The second-order valence-corrected chi connectivity index (χ2v) is 4.53. The number of carboxylic acid groups (broad SMARTS) is 1. The third-order valence-electron chi connectivity index (χ3n) is 3.05. The highest BCUT2D eigenvalue weighted by Crippen LogP contribution is 2.13. The van der Waals surface area contributed by atoms with Gasteiger partial charge < -0.3 is 15.3 Å². The molecule has 0 saturated carbocycles. The number of hydrogen-bond donors (Lipinski definition) is 3. The summed E-state index contributed by atoms with van der Waals surface area (Å²) in [5.74, 6) is -2.24. The normalized spacial score (nSPS) is 18.1. The molecule has 0 aromatic heterocycles. The third kappa shape index (κ3) is 3.16. The van der Waals surface area contributed by atoms with E-state index in [-0.39, 0.29) is 17.8 Å². The van der Waals surface area contributed by atoms with E-state index in [2.05, 4.69) is 10.6 Å². The number of imide groups is 1. The van der Waals surface area contributed by atoms with Crippen LogP contribution in [0.15, 0.2) is 24.3 Å². The minimum Gasteiger partial charge on any atom is -0.478 e. The molecule has 1 atom stereocenters. The van der Waals surface area contributed by atoms with Crippen LogP contribution < -0.4 is 10.6 Å². The second kappa shape index (κ2) is 5.61. The summed E-state index contributed by atoms with van der Waals surface area (Å²) in [6.07, 6.45) is 0. The first-order chi connectivity index (χ1) is 9.88. The molecule has 1 aromatic rings. The van der Waals surface area contributed by atoms with E-state index in [9.17, 15) is 19.2 Å². The number of urea groups is 1. The Balaban J connectivity index is 2.14. The van der Waals surface area contributed by atoms with Gasteiger partial charge in [0.2, 0.25) is 11.8 Å². The largest absolute Gasteiger partial charge is 0.478 e. The summed E-state index contributed by atoms with van der Waals surface area (Å²) in [5, 5.41) is 13.5. The molecular weight excluding hydrogens is 278 g/mol. The van der Waals surface area contributed by atoms with Crippen molar-refractivity contribution in [2.24, 2.45) is 0 Å². The number of benzene rings is 1. The van der Waals surface area contributed by atoms with E-state index in [0.29, 0.717) is 0 Å². The molecule has 1 heterocycles. The summed E-state index contributed by atoms with van der Waals surface area (Å²) in [6, 6.07) is 4.24. The second-order valence-electron chi connectivity index (χ2n) is 4.53. The fourth-order valence-corrected chi connectivity index (χ4v) is 1.89. The van der Waals surface area contributed by atoms with Crippen LogP contribution in [0, 0.1) is 0 Å². The van der Waals surface area contributed by atoms with E-state index in [1.807, 2.05) is 0 Å². The van der Waals surface area contributed by atoms with Crippen LogP contribution in [0.25, 0.3) is 0 Å². The molecule has 1 aliphatic heterocycles. The fourth-order valence-electron chi connectivity index (χ4n) is 1.89. The molecular formula is C13H13N3O5. The van der Waals surface area contributed by atoms with Crippen LogP contribution in [0.1, 0.15) is 17.3 Å². The van der Waals surface area contributed by atoms with Crippen molar-refractivity contribution < 1.29 is 24.3 Å². The number of aromatic carboxylic acids is 1. The first kappa shape index (κ1) is 14.5. The average Bonchev–Trinajstić information content (AvgIpc) is 2.43. The number of carboxylic acids is 1. The van der Waals surface area contributed by atoms with Crippen LogP contribution >= 0.6 is 0 Å². The van der Waals surface area contributed by atoms with E-state index >= 15 is 0 Å². The molecule has 0 bridgehead atoms. The van der Waals surface area contributed by atoms with Gasteiger partial charge in [0.05, 0.1) is 5.56 Å². The Morgan fingerprint density at radius 1 is 1.38 bits per heavy atom. The molecule has 110 valence electrons. The zero-order valence-electron chi connectivity index (χ0n) is 11.1. The highest BCUT2D eigenvalue weighted by atomic mass is 16.4. The van der Waals surface area contributed by atoms with Crippen LogP contribution in [-0.2, 0) is 9.59 Å². The summed E-state index contributed by atoms with van der Waals surface area (Å²) in [5.41, 5.74) is 0.291. The van der Waals surface area contributed by atoms with Gasteiger partial charge in [-0.15, -0.1) is 0 Å². The SMILES string of the molecule is CC1C(=O)NC(=O)CN1C(=O)Nc1cccc(C(=O)O)c1. The van der Waals surface area contributed by atoms with Crippen molar-refractivity contribution in [2.45, 2.75) is 13.0 Å². The van der Waals surface area contributed by atoms with Gasteiger partial charge in [0.25, 0.3) is 0 Å². The van der Waals surface area contributed by atoms with Gasteiger partial charge in [-0.05, 0) is 25.1 Å². The zero-order chi connectivity index (χ0) is 15.6. The van der Waals surface area contributed by atoms with Crippen molar-refractivity contribution in [1.29, 1.82) is 0 Å². The van der Waals surface area contributed by atoms with Gasteiger partial charge in [-0.1, -0.05) is 6.07 Å². The molecule has 3 N–H and O–H groups in total.